The highest BCUT2D eigenvalue weighted by Gasteiger charge is 2.13. The summed E-state index contributed by atoms with van der Waals surface area (Å²) in [5.41, 5.74) is 1.76. The van der Waals surface area contributed by atoms with Crippen molar-refractivity contribution in [3.05, 3.63) is 41.1 Å². The normalized spacial score (nSPS) is 12.0. The van der Waals surface area contributed by atoms with E-state index in [2.05, 4.69) is 10.6 Å². The molecule has 0 saturated heterocycles. The van der Waals surface area contributed by atoms with Crippen LogP contribution in [0.25, 0.3) is 0 Å². The zero-order chi connectivity index (χ0) is 18.1. The van der Waals surface area contributed by atoms with Crippen LogP contribution in [0.2, 0.25) is 0 Å². The molecule has 1 atom stereocenters. The van der Waals surface area contributed by atoms with Crippen LogP contribution in [0, 0.1) is 18.3 Å². The first kappa shape index (κ1) is 19.0. The fraction of sp³-hybridized carbons (Fsp3) is 0.353. The molecule has 0 aliphatic rings. The summed E-state index contributed by atoms with van der Waals surface area (Å²) in [7, 11) is 0. The molecule has 0 fully saturated rings. The summed E-state index contributed by atoms with van der Waals surface area (Å²) in [5.74, 6) is -1.19. The first-order chi connectivity index (χ1) is 11.4. The summed E-state index contributed by atoms with van der Waals surface area (Å²) in [5, 5.41) is 22.7. The summed E-state index contributed by atoms with van der Waals surface area (Å²) >= 11 is 0. The summed E-state index contributed by atoms with van der Waals surface area (Å²) in [4.78, 5) is 22.2. The van der Waals surface area contributed by atoms with Gasteiger partial charge < -0.3 is 20.5 Å². The molecule has 1 aromatic carbocycles. The molecule has 7 heteroatoms. The van der Waals surface area contributed by atoms with E-state index < -0.39 is 18.4 Å². The molecule has 24 heavy (non-hydrogen) atoms. The van der Waals surface area contributed by atoms with Crippen LogP contribution in [0.15, 0.2) is 30.0 Å². The number of carboxylic acid groups (broad SMARTS) is 1. The molecule has 0 bridgehead atoms. The number of carbonyl (C=O) groups is 2. The molecule has 1 rings (SSSR count). The van der Waals surface area contributed by atoms with Gasteiger partial charge in [-0.3, -0.25) is 9.59 Å². The average molecular weight is 331 g/mol. The Morgan fingerprint density at radius 2 is 2.17 bits per heavy atom. The van der Waals surface area contributed by atoms with Crippen LogP contribution in [0.4, 0.5) is 0 Å². The van der Waals surface area contributed by atoms with Crippen molar-refractivity contribution in [3.63, 3.8) is 0 Å². The Bertz CT molecular complexity index is 677. The number of nitriles is 1. The Morgan fingerprint density at radius 1 is 1.46 bits per heavy atom. The van der Waals surface area contributed by atoms with Crippen LogP contribution in [0.1, 0.15) is 31.0 Å². The zero-order valence-corrected chi connectivity index (χ0v) is 13.9. The van der Waals surface area contributed by atoms with Crippen molar-refractivity contribution in [2.45, 2.75) is 26.8 Å². The van der Waals surface area contributed by atoms with Crippen molar-refractivity contribution in [1.82, 2.24) is 10.6 Å². The maximum Gasteiger partial charge on any atom is 0.322 e. The van der Waals surface area contributed by atoms with Gasteiger partial charge >= 0.3 is 5.97 Å². The molecule has 3 N–H and O–H groups in total. The number of carboxylic acids is 1. The molecular formula is C17H21N3O4. The SMILES string of the molecule is CCOc1ccc(C)cc1C(C)N/C=C(/C#N)C(=O)NCC(=O)O. The van der Waals surface area contributed by atoms with E-state index in [1.807, 2.05) is 39.0 Å². The molecule has 1 amide bonds. The van der Waals surface area contributed by atoms with Crippen molar-refractivity contribution >= 4 is 11.9 Å². The highest BCUT2D eigenvalue weighted by molar-refractivity contribution is 5.98. The fourth-order valence-corrected chi connectivity index (χ4v) is 1.99. The van der Waals surface area contributed by atoms with Gasteiger partial charge in [0.05, 0.1) is 12.6 Å². The minimum Gasteiger partial charge on any atom is -0.494 e. The van der Waals surface area contributed by atoms with Gasteiger partial charge in [0.2, 0.25) is 0 Å². The van der Waals surface area contributed by atoms with Gasteiger partial charge in [-0.05, 0) is 26.8 Å². The van der Waals surface area contributed by atoms with Gasteiger partial charge in [-0.2, -0.15) is 5.26 Å². The van der Waals surface area contributed by atoms with Crippen molar-refractivity contribution in [2.24, 2.45) is 0 Å². The Labute approximate surface area is 140 Å². The van der Waals surface area contributed by atoms with Gasteiger partial charge in [0.25, 0.3) is 5.91 Å². The van der Waals surface area contributed by atoms with Crippen LogP contribution < -0.4 is 15.4 Å². The quantitative estimate of drug-likeness (QED) is 0.493. The van der Waals surface area contributed by atoms with Crippen molar-refractivity contribution in [2.75, 3.05) is 13.2 Å². The second-order valence-electron chi connectivity index (χ2n) is 5.11. The number of ether oxygens (including phenoxy) is 1. The van der Waals surface area contributed by atoms with E-state index in [-0.39, 0.29) is 11.6 Å². The Balaban J connectivity index is 2.87. The molecule has 0 heterocycles. The van der Waals surface area contributed by atoms with E-state index >= 15 is 0 Å². The van der Waals surface area contributed by atoms with E-state index in [1.54, 1.807) is 6.07 Å². The molecule has 0 saturated carbocycles. The van der Waals surface area contributed by atoms with Gasteiger partial charge in [0.1, 0.15) is 23.9 Å². The number of aryl methyl sites for hydroxylation is 1. The van der Waals surface area contributed by atoms with Crippen LogP contribution >= 0.6 is 0 Å². The summed E-state index contributed by atoms with van der Waals surface area (Å²) < 4.78 is 5.59. The predicted molar refractivity (Wildman–Crippen MR) is 88.2 cm³/mol. The third kappa shape index (κ3) is 5.65. The smallest absolute Gasteiger partial charge is 0.322 e. The van der Waals surface area contributed by atoms with Gasteiger partial charge in [0.15, 0.2) is 0 Å². The molecule has 1 aromatic rings. The van der Waals surface area contributed by atoms with Crippen LogP contribution in [-0.2, 0) is 9.59 Å². The zero-order valence-electron chi connectivity index (χ0n) is 13.9. The second-order valence-corrected chi connectivity index (χ2v) is 5.11. The number of aliphatic carboxylic acids is 1. The fourth-order valence-electron chi connectivity index (χ4n) is 1.99. The van der Waals surface area contributed by atoms with Gasteiger partial charge in [-0.15, -0.1) is 0 Å². The lowest BCUT2D eigenvalue weighted by Gasteiger charge is -2.18. The lowest BCUT2D eigenvalue weighted by atomic mass is 10.0. The van der Waals surface area contributed by atoms with E-state index in [0.29, 0.717) is 6.61 Å². The first-order valence-corrected chi connectivity index (χ1v) is 7.48. The summed E-state index contributed by atoms with van der Waals surface area (Å²) in [6.45, 7) is 5.71. The maximum atomic E-state index is 11.7. The average Bonchev–Trinajstić information content (AvgIpc) is 2.55. The molecule has 0 spiro atoms. The number of hydrogen-bond acceptors (Lipinski definition) is 5. The maximum absolute atomic E-state index is 11.7. The van der Waals surface area contributed by atoms with Gasteiger partial charge in [0, 0.05) is 11.8 Å². The third-order valence-corrected chi connectivity index (χ3v) is 3.17. The molecule has 0 aliphatic heterocycles. The second kappa shape index (κ2) is 9.20. The number of amides is 1. The van der Waals surface area contributed by atoms with E-state index in [0.717, 1.165) is 16.9 Å². The lowest BCUT2D eigenvalue weighted by molar-refractivity contribution is -0.137. The van der Waals surface area contributed by atoms with Crippen LogP contribution in [-0.4, -0.2) is 30.1 Å². The number of rotatable bonds is 8. The standard InChI is InChI=1S/C17H21N3O4/c1-4-24-15-6-5-11(2)7-14(15)12(3)19-9-13(8-18)17(23)20-10-16(21)22/h5-7,9,12,19H,4,10H2,1-3H3,(H,20,23)(H,21,22)/b13-9-. The van der Waals surface area contributed by atoms with Gasteiger partial charge in [-0.25, -0.2) is 0 Å². The number of hydrogen-bond donors (Lipinski definition) is 3. The first-order valence-electron chi connectivity index (χ1n) is 7.48. The van der Waals surface area contributed by atoms with E-state index in [9.17, 15) is 9.59 Å². The van der Waals surface area contributed by atoms with Crippen molar-refractivity contribution in [3.8, 4) is 11.8 Å². The number of benzene rings is 1. The van der Waals surface area contributed by atoms with E-state index in [1.165, 1.54) is 6.20 Å². The van der Waals surface area contributed by atoms with Crippen LogP contribution in [0.3, 0.4) is 0 Å². The molecule has 0 aliphatic carbocycles. The number of nitrogens with zero attached hydrogens (tertiary/aromatic N) is 1. The Kier molecular flexibility index (Phi) is 7.30. The summed E-state index contributed by atoms with van der Waals surface area (Å²) in [6, 6.07) is 7.32. The van der Waals surface area contributed by atoms with Crippen molar-refractivity contribution in [1.29, 1.82) is 5.26 Å². The minimum absolute atomic E-state index is 0.200. The van der Waals surface area contributed by atoms with Crippen molar-refractivity contribution < 1.29 is 19.4 Å². The Hall–Kier alpha value is -3.01. The number of nitrogens with one attached hydrogen (secondary N) is 2. The molecular weight excluding hydrogens is 310 g/mol. The van der Waals surface area contributed by atoms with Gasteiger partial charge in [-0.1, -0.05) is 17.7 Å². The molecule has 1 unspecified atom stereocenters. The monoisotopic (exact) mass is 331 g/mol. The third-order valence-electron chi connectivity index (χ3n) is 3.17. The number of carbonyl (C=O) groups excluding carboxylic acids is 1. The molecule has 7 nitrogen and oxygen atoms in total. The highest BCUT2D eigenvalue weighted by Crippen LogP contribution is 2.26. The molecule has 0 radical (unpaired) electrons. The molecule has 0 aromatic heterocycles. The van der Waals surface area contributed by atoms with E-state index in [4.69, 9.17) is 15.1 Å². The Morgan fingerprint density at radius 3 is 2.75 bits per heavy atom. The lowest BCUT2D eigenvalue weighted by Crippen LogP contribution is -2.30. The predicted octanol–water partition coefficient (Wildman–Crippen LogP) is 1.65. The molecule has 128 valence electrons. The topological polar surface area (TPSA) is 111 Å². The minimum atomic E-state index is -1.18. The highest BCUT2D eigenvalue weighted by atomic mass is 16.5. The largest absolute Gasteiger partial charge is 0.494 e. The van der Waals surface area contributed by atoms with Crippen LogP contribution in [0.5, 0.6) is 5.75 Å². The summed E-state index contributed by atoms with van der Waals surface area (Å²) in [6.07, 6.45) is 1.28.